The molecule has 2 aromatic rings. The average molecular weight is 349 g/mol. The molecule has 2 rings (SSSR count). The Bertz CT molecular complexity index is 749. The molecule has 1 atom stereocenters. The van der Waals surface area contributed by atoms with Crippen molar-refractivity contribution in [2.45, 2.75) is 13.0 Å². The Balaban J connectivity index is 1.94. The molecular formula is C17H17ClN2O4. The second-order valence-corrected chi connectivity index (χ2v) is 5.31. The third-order valence-corrected chi connectivity index (χ3v) is 3.33. The number of hydrogen-bond acceptors (Lipinski definition) is 5. The third-order valence-electron chi connectivity index (χ3n) is 3.09. The van der Waals surface area contributed by atoms with E-state index in [-0.39, 0.29) is 5.75 Å². The van der Waals surface area contributed by atoms with Crippen LogP contribution in [0, 0.1) is 0 Å². The molecule has 7 heteroatoms. The van der Waals surface area contributed by atoms with Crippen LogP contribution >= 0.6 is 11.6 Å². The number of benzene rings is 2. The van der Waals surface area contributed by atoms with Gasteiger partial charge >= 0.3 is 0 Å². The Kier molecular flexibility index (Phi) is 6.03. The maximum absolute atomic E-state index is 12.0. The minimum atomic E-state index is -0.764. The summed E-state index contributed by atoms with van der Waals surface area (Å²) in [6.45, 7) is 1.59. The lowest BCUT2D eigenvalue weighted by molar-refractivity contribution is -0.127. The highest BCUT2D eigenvalue weighted by molar-refractivity contribution is 6.30. The lowest BCUT2D eigenvalue weighted by atomic mass is 10.2. The molecule has 0 saturated heterocycles. The number of carbonyl (C=O) groups excluding carboxylic acids is 1. The van der Waals surface area contributed by atoms with E-state index < -0.39 is 12.0 Å². The number of rotatable bonds is 6. The van der Waals surface area contributed by atoms with E-state index in [1.165, 1.54) is 19.4 Å². The van der Waals surface area contributed by atoms with Gasteiger partial charge in [-0.25, -0.2) is 5.43 Å². The fraction of sp³-hybridized carbons (Fsp3) is 0.176. The summed E-state index contributed by atoms with van der Waals surface area (Å²) in [6.07, 6.45) is 0.557. The first-order chi connectivity index (χ1) is 11.5. The average Bonchev–Trinajstić information content (AvgIpc) is 2.56. The molecule has 0 spiro atoms. The zero-order valence-electron chi connectivity index (χ0n) is 13.2. The van der Waals surface area contributed by atoms with Crippen LogP contribution in [0.1, 0.15) is 12.5 Å². The number of halogens is 1. The Morgan fingerprint density at radius 2 is 2.08 bits per heavy atom. The molecule has 2 aromatic carbocycles. The fourth-order valence-corrected chi connectivity index (χ4v) is 2.00. The van der Waals surface area contributed by atoms with E-state index in [2.05, 4.69) is 10.5 Å². The number of phenols is 1. The second-order valence-electron chi connectivity index (χ2n) is 4.88. The topological polar surface area (TPSA) is 80.2 Å². The van der Waals surface area contributed by atoms with Crippen molar-refractivity contribution in [2.24, 2.45) is 5.10 Å². The van der Waals surface area contributed by atoms with Gasteiger partial charge in [-0.05, 0) is 43.3 Å². The first-order valence-electron chi connectivity index (χ1n) is 7.11. The van der Waals surface area contributed by atoms with Crippen molar-refractivity contribution in [1.82, 2.24) is 5.43 Å². The first kappa shape index (κ1) is 17.6. The molecule has 0 fully saturated rings. The highest BCUT2D eigenvalue weighted by atomic mass is 35.5. The van der Waals surface area contributed by atoms with Gasteiger partial charge in [-0.1, -0.05) is 17.7 Å². The molecule has 0 aliphatic rings. The summed E-state index contributed by atoms with van der Waals surface area (Å²) in [6, 6.07) is 11.4. The van der Waals surface area contributed by atoms with Gasteiger partial charge in [0.05, 0.1) is 13.3 Å². The largest absolute Gasteiger partial charge is 0.507 e. The Morgan fingerprint density at radius 1 is 1.29 bits per heavy atom. The van der Waals surface area contributed by atoms with Crippen molar-refractivity contribution in [1.29, 1.82) is 0 Å². The van der Waals surface area contributed by atoms with Crippen molar-refractivity contribution in [3.05, 3.63) is 53.1 Å². The van der Waals surface area contributed by atoms with Gasteiger partial charge in [0.25, 0.3) is 5.91 Å². The number of aromatic hydroxyl groups is 1. The maximum atomic E-state index is 12.0. The van der Waals surface area contributed by atoms with Gasteiger partial charge in [0, 0.05) is 10.6 Å². The molecule has 0 aliphatic carbocycles. The van der Waals surface area contributed by atoms with Gasteiger partial charge in [0.2, 0.25) is 0 Å². The van der Waals surface area contributed by atoms with Crippen molar-refractivity contribution >= 4 is 23.7 Å². The number of ether oxygens (including phenoxy) is 2. The molecule has 126 valence electrons. The van der Waals surface area contributed by atoms with Gasteiger partial charge in [0.15, 0.2) is 6.10 Å². The monoisotopic (exact) mass is 348 g/mol. The molecule has 0 aromatic heterocycles. The molecule has 6 nitrogen and oxygen atoms in total. The Labute approximate surface area is 144 Å². The molecule has 0 bridgehead atoms. The van der Waals surface area contributed by atoms with Crippen LogP contribution < -0.4 is 14.9 Å². The summed E-state index contributed by atoms with van der Waals surface area (Å²) in [5.41, 5.74) is 2.77. The van der Waals surface area contributed by atoms with Crippen LogP contribution in [0.2, 0.25) is 5.02 Å². The number of phenolic OH excluding ortho intramolecular Hbond substituents is 1. The van der Waals surface area contributed by atoms with Gasteiger partial charge in [-0.15, -0.1) is 0 Å². The van der Waals surface area contributed by atoms with E-state index in [1.54, 1.807) is 43.3 Å². The minimum Gasteiger partial charge on any atom is -0.507 e. The van der Waals surface area contributed by atoms with Gasteiger partial charge in [-0.2, -0.15) is 5.10 Å². The molecule has 0 radical (unpaired) electrons. The second kappa shape index (κ2) is 8.21. The van der Waals surface area contributed by atoms with E-state index >= 15 is 0 Å². The van der Waals surface area contributed by atoms with Crippen LogP contribution in [-0.2, 0) is 4.79 Å². The summed E-state index contributed by atoms with van der Waals surface area (Å²) in [7, 11) is 1.52. The molecule has 0 aliphatic heterocycles. The molecule has 0 heterocycles. The minimum absolute atomic E-state index is 0.0250. The van der Waals surface area contributed by atoms with E-state index in [9.17, 15) is 9.90 Å². The molecule has 1 amide bonds. The van der Waals surface area contributed by atoms with Gasteiger partial charge in [0.1, 0.15) is 17.2 Å². The molecule has 24 heavy (non-hydrogen) atoms. The van der Waals surface area contributed by atoms with E-state index in [4.69, 9.17) is 21.1 Å². The normalized spacial score (nSPS) is 12.0. The predicted octanol–water partition coefficient (Wildman–Crippen LogP) is 2.97. The van der Waals surface area contributed by atoms with Crippen molar-refractivity contribution < 1.29 is 19.4 Å². The number of hydrazone groups is 1. The van der Waals surface area contributed by atoms with E-state index in [0.717, 1.165) is 0 Å². The zero-order chi connectivity index (χ0) is 17.5. The lowest BCUT2D eigenvalue weighted by Crippen LogP contribution is -2.33. The van der Waals surface area contributed by atoms with Crippen LogP contribution in [-0.4, -0.2) is 30.4 Å². The first-order valence-corrected chi connectivity index (χ1v) is 7.49. The Morgan fingerprint density at radius 3 is 2.79 bits per heavy atom. The van der Waals surface area contributed by atoms with Crippen molar-refractivity contribution in [2.75, 3.05) is 7.11 Å². The summed E-state index contributed by atoms with van der Waals surface area (Å²) in [4.78, 5) is 12.0. The summed E-state index contributed by atoms with van der Waals surface area (Å²) < 4.78 is 10.5. The van der Waals surface area contributed by atoms with E-state index in [1.807, 2.05) is 0 Å². The SMILES string of the molecule is COc1ccc(O)c(C=NNC(=O)C(C)Oc2cccc(Cl)c2)c1. The highest BCUT2D eigenvalue weighted by Gasteiger charge is 2.14. The molecule has 1 unspecified atom stereocenters. The number of nitrogens with one attached hydrogen (secondary N) is 1. The fourth-order valence-electron chi connectivity index (χ4n) is 1.82. The smallest absolute Gasteiger partial charge is 0.280 e. The zero-order valence-corrected chi connectivity index (χ0v) is 13.9. The van der Waals surface area contributed by atoms with Crippen LogP contribution in [0.25, 0.3) is 0 Å². The lowest BCUT2D eigenvalue weighted by Gasteiger charge is -2.13. The van der Waals surface area contributed by atoms with Gasteiger partial charge in [-0.3, -0.25) is 4.79 Å². The maximum Gasteiger partial charge on any atom is 0.280 e. The third kappa shape index (κ3) is 4.89. The number of hydrogen-bond donors (Lipinski definition) is 2. The Hall–Kier alpha value is -2.73. The van der Waals surface area contributed by atoms with Crippen LogP contribution in [0.4, 0.5) is 0 Å². The summed E-state index contributed by atoms with van der Waals surface area (Å²) >= 11 is 5.86. The van der Waals surface area contributed by atoms with Crippen molar-refractivity contribution in [3.8, 4) is 17.2 Å². The molecule has 2 N–H and O–H groups in total. The van der Waals surface area contributed by atoms with Crippen LogP contribution in [0.15, 0.2) is 47.6 Å². The number of nitrogens with zero attached hydrogens (tertiary/aromatic N) is 1. The van der Waals surface area contributed by atoms with Crippen LogP contribution in [0.5, 0.6) is 17.2 Å². The summed E-state index contributed by atoms with van der Waals surface area (Å²) in [5.74, 6) is 0.642. The molecule has 0 saturated carbocycles. The number of carbonyl (C=O) groups is 1. The van der Waals surface area contributed by atoms with E-state index in [0.29, 0.717) is 22.1 Å². The number of methoxy groups -OCH3 is 1. The van der Waals surface area contributed by atoms with Crippen molar-refractivity contribution in [3.63, 3.8) is 0 Å². The number of amides is 1. The quantitative estimate of drug-likeness (QED) is 0.621. The highest BCUT2D eigenvalue weighted by Crippen LogP contribution is 2.21. The summed E-state index contributed by atoms with van der Waals surface area (Å²) in [5, 5.41) is 14.1. The predicted molar refractivity (Wildman–Crippen MR) is 91.9 cm³/mol. The molecular weight excluding hydrogens is 332 g/mol. The van der Waals surface area contributed by atoms with Gasteiger partial charge < -0.3 is 14.6 Å². The van der Waals surface area contributed by atoms with Crippen LogP contribution in [0.3, 0.4) is 0 Å². The standard InChI is InChI=1S/C17H17ClN2O4/c1-11(24-15-5-3-4-13(18)9-15)17(22)20-19-10-12-8-14(23-2)6-7-16(12)21/h3-11,21H,1-2H3,(H,20,22).